The lowest BCUT2D eigenvalue weighted by molar-refractivity contribution is 0.0690. The van der Waals surface area contributed by atoms with E-state index in [2.05, 4.69) is 19.9 Å². The molecule has 106 valence electrons. The maximum Gasteiger partial charge on any atom is 0.355 e. The molecular weight excluding hydrogens is 300 g/mol. The summed E-state index contributed by atoms with van der Waals surface area (Å²) in [7, 11) is 0. The van der Waals surface area contributed by atoms with Crippen LogP contribution >= 0.6 is 22.9 Å². The number of amides is 1. The molecule has 0 unspecified atom stereocenters. The molecule has 2 rings (SSSR count). The van der Waals surface area contributed by atoms with Crippen molar-refractivity contribution in [1.29, 1.82) is 0 Å². The second-order valence-electron chi connectivity index (χ2n) is 3.84. The molecule has 0 spiro atoms. The fourth-order valence-corrected chi connectivity index (χ4v) is 2.94. The van der Waals surface area contributed by atoms with Crippen molar-refractivity contribution in [3.63, 3.8) is 0 Å². The van der Waals surface area contributed by atoms with Crippen LogP contribution in [-0.2, 0) is 12.8 Å². The second kappa shape index (κ2) is 6.53. The average Bonchev–Trinajstić information content (AvgIpc) is 3.07. The number of nitrogens with one attached hydrogen (secondary N) is 1. The molecule has 0 aliphatic carbocycles. The fraction of sp³-hybridized carbons (Fsp3) is 0.364. The van der Waals surface area contributed by atoms with Gasteiger partial charge in [0, 0.05) is 18.3 Å². The third-order valence-corrected chi connectivity index (χ3v) is 4.17. The third-order valence-electron chi connectivity index (χ3n) is 2.49. The molecule has 0 atom stereocenters. The molecule has 0 aliphatic rings. The van der Waals surface area contributed by atoms with Gasteiger partial charge in [-0.3, -0.25) is 4.79 Å². The van der Waals surface area contributed by atoms with E-state index < -0.39 is 5.97 Å². The van der Waals surface area contributed by atoms with Gasteiger partial charge in [0.25, 0.3) is 5.91 Å². The van der Waals surface area contributed by atoms with Crippen molar-refractivity contribution in [3.05, 3.63) is 26.7 Å². The van der Waals surface area contributed by atoms with Gasteiger partial charge in [-0.1, -0.05) is 11.4 Å². The molecule has 2 aromatic heterocycles. The first kappa shape index (κ1) is 14.5. The van der Waals surface area contributed by atoms with Crippen LogP contribution in [0.15, 0.2) is 5.38 Å². The number of hydrogen-bond donors (Lipinski definition) is 2. The number of carbonyl (C=O) groups is 2. The minimum absolute atomic E-state index is 0.0382. The molecule has 0 aromatic carbocycles. The zero-order valence-corrected chi connectivity index (χ0v) is 12.3. The highest BCUT2D eigenvalue weighted by molar-refractivity contribution is 7.09. The van der Waals surface area contributed by atoms with Crippen molar-refractivity contribution in [1.82, 2.24) is 19.9 Å². The molecule has 0 bridgehead atoms. The second-order valence-corrected chi connectivity index (χ2v) is 5.54. The molecule has 2 N–H and O–H groups in total. The lowest BCUT2D eigenvalue weighted by Crippen LogP contribution is -2.25. The smallest absolute Gasteiger partial charge is 0.355 e. The van der Waals surface area contributed by atoms with Gasteiger partial charge in [0.05, 0.1) is 10.7 Å². The standard InChI is InChI=1S/C11H12N4O3S2/c1-2-6-9(20-15-14-6)10(16)12-4-3-8-13-7(5-19-8)11(17)18/h5H,2-4H2,1H3,(H,12,16)(H,17,18). The van der Waals surface area contributed by atoms with Crippen LogP contribution in [0.25, 0.3) is 0 Å². The van der Waals surface area contributed by atoms with E-state index in [1.807, 2.05) is 6.92 Å². The summed E-state index contributed by atoms with van der Waals surface area (Å²) in [4.78, 5) is 27.1. The Labute approximate surface area is 122 Å². The quantitative estimate of drug-likeness (QED) is 0.831. The average molecular weight is 312 g/mol. The van der Waals surface area contributed by atoms with Gasteiger partial charge >= 0.3 is 5.97 Å². The van der Waals surface area contributed by atoms with Crippen LogP contribution in [0, 0.1) is 0 Å². The van der Waals surface area contributed by atoms with E-state index in [1.165, 1.54) is 16.7 Å². The Morgan fingerprint density at radius 3 is 2.90 bits per heavy atom. The maximum atomic E-state index is 11.9. The summed E-state index contributed by atoms with van der Waals surface area (Å²) in [5.41, 5.74) is 0.728. The highest BCUT2D eigenvalue weighted by atomic mass is 32.1. The highest BCUT2D eigenvalue weighted by Gasteiger charge is 2.14. The molecule has 2 heterocycles. The van der Waals surface area contributed by atoms with Crippen molar-refractivity contribution >= 4 is 34.7 Å². The summed E-state index contributed by atoms with van der Waals surface area (Å²) in [5.74, 6) is -1.24. The van der Waals surface area contributed by atoms with Gasteiger partial charge in [-0.25, -0.2) is 9.78 Å². The Morgan fingerprint density at radius 1 is 1.45 bits per heavy atom. The molecule has 7 nitrogen and oxygen atoms in total. The topological polar surface area (TPSA) is 105 Å². The minimum Gasteiger partial charge on any atom is -0.476 e. The van der Waals surface area contributed by atoms with E-state index in [0.29, 0.717) is 35.0 Å². The van der Waals surface area contributed by atoms with Crippen LogP contribution < -0.4 is 5.32 Å². The summed E-state index contributed by atoms with van der Waals surface area (Å²) in [6.07, 6.45) is 1.16. The molecule has 0 saturated heterocycles. The summed E-state index contributed by atoms with van der Waals surface area (Å²) in [6, 6.07) is 0. The number of carboxylic acid groups (broad SMARTS) is 1. The Hall–Kier alpha value is -1.87. The first-order valence-corrected chi connectivity index (χ1v) is 7.54. The molecule has 9 heteroatoms. The lowest BCUT2D eigenvalue weighted by atomic mass is 10.3. The number of rotatable bonds is 6. The first-order valence-electron chi connectivity index (χ1n) is 5.89. The Balaban J connectivity index is 1.86. The van der Waals surface area contributed by atoms with Crippen LogP contribution in [-0.4, -0.2) is 38.1 Å². The van der Waals surface area contributed by atoms with E-state index in [4.69, 9.17) is 5.11 Å². The van der Waals surface area contributed by atoms with Gasteiger partial charge in [0.1, 0.15) is 4.88 Å². The van der Waals surface area contributed by atoms with Crippen molar-refractivity contribution in [2.45, 2.75) is 19.8 Å². The number of hydrogen-bond acceptors (Lipinski definition) is 7. The zero-order chi connectivity index (χ0) is 14.5. The molecular formula is C11H12N4O3S2. The minimum atomic E-state index is -1.04. The van der Waals surface area contributed by atoms with Crippen molar-refractivity contribution in [2.24, 2.45) is 0 Å². The summed E-state index contributed by atoms with van der Waals surface area (Å²) in [5, 5.41) is 17.6. The summed E-state index contributed by atoms with van der Waals surface area (Å²) < 4.78 is 3.76. The number of aromatic nitrogens is 3. The molecule has 0 fully saturated rings. The van der Waals surface area contributed by atoms with E-state index in [1.54, 1.807) is 0 Å². The van der Waals surface area contributed by atoms with Gasteiger partial charge in [0.2, 0.25) is 0 Å². The maximum absolute atomic E-state index is 11.9. The molecule has 0 radical (unpaired) electrons. The number of nitrogens with zero attached hydrogens (tertiary/aromatic N) is 3. The molecule has 20 heavy (non-hydrogen) atoms. The van der Waals surface area contributed by atoms with Crippen LogP contribution in [0.4, 0.5) is 0 Å². The van der Waals surface area contributed by atoms with Gasteiger partial charge in [-0.05, 0) is 18.0 Å². The Kier molecular flexibility index (Phi) is 4.74. The van der Waals surface area contributed by atoms with Crippen LogP contribution in [0.3, 0.4) is 0 Å². The van der Waals surface area contributed by atoms with Crippen molar-refractivity contribution in [3.8, 4) is 0 Å². The van der Waals surface area contributed by atoms with Crippen LogP contribution in [0.1, 0.15) is 37.8 Å². The number of carboxylic acids is 1. The molecule has 0 saturated carbocycles. The van der Waals surface area contributed by atoms with Gasteiger partial charge in [-0.2, -0.15) is 0 Å². The summed E-state index contributed by atoms with van der Waals surface area (Å²) in [6.45, 7) is 2.31. The normalized spacial score (nSPS) is 10.4. The van der Waals surface area contributed by atoms with Gasteiger partial charge < -0.3 is 10.4 Å². The zero-order valence-electron chi connectivity index (χ0n) is 10.6. The predicted molar refractivity (Wildman–Crippen MR) is 74.4 cm³/mol. The fourth-order valence-electron chi connectivity index (χ4n) is 1.50. The van der Waals surface area contributed by atoms with E-state index in [0.717, 1.165) is 11.5 Å². The number of carbonyl (C=O) groups excluding carboxylic acids is 1. The van der Waals surface area contributed by atoms with E-state index in [-0.39, 0.29) is 11.6 Å². The monoisotopic (exact) mass is 312 g/mol. The van der Waals surface area contributed by atoms with Gasteiger partial charge in [0.15, 0.2) is 5.69 Å². The van der Waals surface area contributed by atoms with E-state index in [9.17, 15) is 9.59 Å². The summed E-state index contributed by atoms with van der Waals surface area (Å²) >= 11 is 2.34. The largest absolute Gasteiger partial charge is 0.476 e. The molecule has 2 aromatic rings. The third kappa shape index (κ3) is 3.36. The lowest BCUT2D eigenvalue weighted by Gasteiger charge is -2.02. The highest BCUT2D eigenvalue weighted by Crippen LogP contribution is 2.12. The molecule has 0 aliphatic heterocycles. The first-order chi connectivity index (χ1) is 9.61. The van der Waals surface area contributed by atoms with Crippen molar-refractivity contribution in [2.75, 3.05) is 6.54 Å². The predicted octanol–water partition coefficient (Wildman–Crippen LogP) is 1.23. The SMILES string of the molecule is CCc1nnsc1C(=O)NCCc1nc(C(=O)O)cs1. The van der Waals surface area contributed by atoms with E-state index >= 15 is 0 Å². The number of aryl methyl sites for hydroxylation is 1. The van der Waals surface area contributed by atoms with Crippen LogP contribution in [0.5, 0.6) is 0 Å². The molecule has 1 amide bonds. The van der Waals surface area contributed by atoms with Crippen molar-refractivity contribution < 1.29 is 14.7 Å². The Bertz CT molecular complexity index is 623. The number of aromatic carboxylic acids is 1. The van der Waals surface area contributed by atoms with Crippen LogP contribution in [0.2, 0.25) is 0 Å². The number of thiazole rings is 1. The van der Waals surface area contributed by atoms with Gasteiger partial charge in [-0.15, -0.1) is 16.4 Å². The Morgan fingerprint density at radius 2 is 2.25 bits per heavy atom.